The first-order chi connectivity index (χ1) is 7.25. The third-order valence-corrected chi connectivity index (χ3v) is 2.07. The largest absolute Gasteiger partial charge is 0.314 e. The molecule has 0 aliphatic carbocycles. The molecule has 1 N–H and O–H groups in total. The molecule has 0 aliphatic heterocycles. The minimum atomic E-state index is 0.479. The maximum atomic E-state index is 9.08. The summed E-state index contributed by atoms with van der Waals surface area (Å²) in [6, 6.07) is 9.87. The summed E-state index contributed by atoms with van der Waals surface area (Å²) in [7, 11) is 1.61. The van der Waals surface area contributed by atoms with Crippen LogP contribution in [0.5, 0.6) is 0 Å². The molecule has 1 aromatic heterocycles. The van der Waals surface area contributed by atoms with Crippen molar-refractivity contribution in [3.63, 3.8) is 0 Å². The smallest absolute Gasteiger partial charge is 0.0645 e. The van der Waals surface area contributed by atoms with Crippen molar-refractivity contribution in [1.82, 2.24) is 14.8 Å². The molecule has 0 radical (unpaired) electrons. The number of hydrogen-bond donors (Lipinski definition) is 1. The Morgan fingerprint density at radius 2 is 2.07 bits per heavy atom. The predicted octanol–water partition coefficient (Wildman–Crippen LogP) is 1.69. The van der Waals surface area contributed by atoms with Crippen molar-refractivity contribution >= 4 is 0 Å². The van der Waals surface area contributed by atoms with E-state index >= 15 is 0 Å². The Morgan fingerprint density at radius 3 is 2.73 bits per heavy atom. The Morgan fingerprint density at radius 1 is 1.33 bits per heavy atom. The standard InChI is InChI=1S/C11H13N3O/c1-13(15)8-10-7-12-14(9-10)11-5-3-2-4-6-11/h2-7,9,15H,8H2,1H3. The van der Waals surface area contributed by atoms with Gasteiger partial charge in [0.1, 0.15) is 0 Å². The van der Waals surface area contributed by atoms with Crippen LogP contribution in [0.3, 0.4) is 0 Å². The molecule has 0 bridgehead atoms. The fraction of sp³-hybridized carbons (Fsp3) is 0.182. The van der Waals surface area contributed by atoms with Crippen LogP contribution in [-0.2, 0) is 6.54 Å². The van der Waals surface area contributed by atoms with Crippen molar-refractivity contribution in [2.75, 3.05) is 7.05 Å². The molecule has 0 spiro atoms. The molecule has 1 heterocycles. The van der Waals surface area contributed by atoms with Crippen LogP contribution in [0.2, 0.25) is 0 Å². The van der Waals surface area contributed by atoms with Gasteiger partial charge in [-0.25, -0.2) is 4.68 Å². The van der Waals surface area contributed by atoms with Crippen LogP contribution in [0.4, 0.5) is 0 Å². The normalized spacial score (nSPS) is 10.9. The van der Waals surface area contributed by atoms with Gasteiger partial charge in [0.2, 0.25) is 0 Å². The van der Waals surface area contributed by atoms with E-state index in [0.717, 1.165) is 16.3 Å². The number of rotatable bonds is 3. The molecular formula is C11H13N3O. The van der Waals surface area contributed by atoms with Crippen LogP contribution in [0.1, 0.15) is 5.56 Å². The number of para-hydroxylation sites is 1. The van der Waals surface area contributed by atoms with Gasteiger partial charge in [-0.2, -0.15) is 10.2 Å². The molecule has 4 heteroatoms. The van der Waals surface area contributed by atoms with Gasteiger partial charge >= 0.3 is 0 Å². The maximum absolute atomic E-state index is 9.08. The van der Waals surface area contributed by atoms with Crippen molar-refractivity contribution < 1.29 is 5.21 Å². The first kappa shape index (κ1) is 9.89. The fourth-order valence-electron chi connectivity index (χ4n) is 1.43. The highest BCUT2D eigenvalue weighted by atomic mass is 16.5. The van der Waals surface area contributed by atoms with E-state index < -0.39 is 0 Å². The van der Waals surface area contributed by atoms with Crippen LogP contribution < -0.4 is 0 Å². The lowest BCUT2D eigenvalue weighted by Gasteiger charge is -2.04. The van der Waals surface area contributed by atoms with E-state index in [9.17, 15) is 0 Å². The van der Waals surface area contributed by atoms with Crippen LogP contribution >= 0.6 is 0 Å². The summed E-state index contributed by atoms with van der Waals surface area (Å²) >= 11 is 0. The first-order valence-electron chi connectivity index (χ1n) is 4.75. The van der Waals surface area contributed by atoms with Gasteiger partial charge in [-0.05, 0) is 12.1 Å². The zero-order chi connectivity index (χ0) is 10.7. The highest BCUT2D eigenvalue weighted by Crippen LogP contribution is 2.08. The average Bonchev–Trinajstić information content (AvgIpc) is 2.67. The van der Waals surface area contributed by atoms with Crippen LogP contribution in [0.25, 0.3) is 5.69 Å². The molecule has 0 fully saturated rings. The lowest BCUT2D eigenvalue weighted by Crippen LogP contribution is -2.10. The summed E-state index contributed by atoms with van der Waals surface area (Å²) in [5.74, 6) is 0. The van der Waals surface area contributed by atoms with Crippen LogP contribution in [0, 0.1) is 0 Å². The summed E-state index contributed by atoms with van der Waals surface area (Å²) in [5, 5.41) is 14.4. The van der Waals surface area contributed by atoms with Crippen molar-refractivity contribution in [2.24, 2.45) is 0 Å². The van der Waals surface area contributed by atoms with Gasteiger partial charge in [0.15, 0.2) is 0 Å². The molecule has 2 aromatic rings. The van der Waals surface area contributed by atoms with Gasteiger partial charge in [-0.3, -0.25) is 0 Å². The van der Waals surface area contributed by atoms with Crippen LogP contribution in [-0.4, -0.2) is 27.1 Å². The quantitative estimate of drug-likeness (QED) is 0.772. The van der Waals surface area contributed by atoms with Crippen LogP contribution in [0.15, 0.2) is 42.7 Å². The van der Waals surface area contributed by atoms with E-state index in [1.54, 1.807) is 17.9 Å². The Hall–Kier alpha value is -1.65. The lowest BCUT2D eigenvalue weighted by molar-refractivity contribution is -0.0731. The number of aromatic nitrogens is 2. The van der Waals surface area contributed by atoms with Gasteiger partial charge in [0, 0.05) is 18.8 Å². The van der Waals surface area contributed by atoms with Gasteiger partial charge in [0.25, 0.3) is 0 Å². The summed E-state index contributed by atoms with van der Waals surface area (Å²) in [6.45, 7) is 0.479. The molecule has 15 heavy (non-hydrogen) atoms. The molecule has 4 nitrogen and oxygen atoms in total. The molecule has 0 atom stereocenters. The Kier molecular flexibility index (Phi) is 2.80. The molecular weight excluding hydrogens is 190 g/mol. The minimum Gasteiger partial charge on any atom is -0.314 e. The number of hydrogen-bond acceptors (Lipinski definition) is 3. The molecule has 0 aliphatic rings. The summed E-state index contributed by atoms with van der Waals surface area (Å²) in [5.41, 5.74) is 1.99. The second-order valence-corrected chi connectivity index (χ2v) is 3.44. The molecule has 1 aromatic carbocycles. The summed E-state index contributed by atoms with van der Waals surface area (Å²) in [4.78, 5) is 0. The third kappa shape index (κ3) is 2.43. The van der Waals surface area contributed by atoms with Crippen molar-refractivity contribution in [1.29, 1.82) is 0 Å². The van der Waals surface area contributed by atoms with Crippen molar-refractivity contribution in [2.45, 2.75) is 6.54 Å². The van der Waals surface area contributed by atoms with E-state index in [1.165, 1.54) is 0 Å². The highest BCUT2D eigenvalue weighted by molar-refractivity contribution is 5.30. The third-order valence-electron chi connectivity index (χ3n) is 2.07. The lowest BCUT2D eigenvalue weighted by atomic mass is 10.3. The van der Waals surface area contributed by atoms with Gasteiger partial charge in [-0.15, -0.1) is 0 Å². The maximum Gasteiger partial charge on any atom is 0.0645 e. The summed E-state index contributed by atoms with van der Waals surface area (Å²) in [6.07, 6.45) is 3.65. The van der Waals surface area contributed by atoms with E-state index in [1.807, 2.05) is 36.5 Å². The second kappa shape index (κ2) is 4.25. The molecule has 78 valence electrons. The predicted molar refractivity (Wildman–Crippen MR) is 56.8 cm³/mol. The minimum absolute atomic E-state index is 0.479. The van der Waals surface area contributed by atoms with Gasteiger partial charge in [0.05, 0.1) is 18.4 Å². The van der Waals surface area contributed by atoms with Crippen molar-refractivity contribution in [3.05, 3.63) is 48.3 Å². The Bertz CT molecular complexity index is 422. The molecule has 2 rings (SSSR count). The number of hydroxylamine groups is 2. The molecule has 0 unspecified atom stereocenters. The average molecular weight is 203 g/mol. The molecule has 0 amide bonds. The Balaban J connectivity index is 2.21. The zero-order valence-corrected chi connectivity index (χ0v) is 8.54. The molecule has 0 saturated heterocycles. The van der Waals surface area contributed by atoms with E-state index in [2.05, 4.69) is 5.10 Å². The number of benzene rings is 1. The van der Waals surface area contributed by atoms with E-state index in [0.29, 0.717) is 6.54 Å². The summed E-state index contributed by atoms with van der Waals surface area (Å²) < 4.78 is 1.79. The monoisotopic (exact) mass is 203 g/mol. The topological polar surface area (TPSA) is 41.3 Å². The fourth-order valence-corrected chi connectivity index (χ4v) is 1.43. The van der Waals surface area contributed by atoms with E-state index in [-0.39, 0.29) is 0 Å². The first-order valence-corrected chi connectivity index (χ1v) is 4.75. The molecule has 0 saturated carbocycles. The van der Waals surface area contributed by atoms with Gasteiger partial charge < -0.3 is 5.21 Å². The Labute approximate surface area is 88.3 Å². The second-order valence-electron chi connectivity index (χ2n) is 3.44. The number of nitrogens with zero attached hydrogens (tertiary/aromatic N) is 3. The van der Waals surface area contributed by atoms with Gasteiger partial charge in [-0.1, -0.05) is 18.2 Å². The zero-order valence-electron chi connectivity index (χ0n) is 8.54. The highest BCUT2D eigenvalue weighted by Gasteiger charge is 2.01. The van der Waals surface area contributed by atoms with Crippen molar-refractivity contribution in [3.8, 4) is 5.69 Å². The van der Waals surface area contributed by atoms with E-state index in [4.69, 9.17) is 5.21 Å². The SMILES string of the molecule is CN(O)Cc1cnn(-c2ccccc2)c1.